The molecule has 2 unspecified atom stereocenters. The first-order valence-corrected chi connectivity index (χ1v) is 11.5. The van der Waals surface area contributed by atoms with E-state index in [4.69, 9.17) is 10.8 Å². The van der Waals surface area contributed by atoms with Gasteiger partial charge in [0.25, 0.3) is 0 Å². The normalized spacial score (nSPS) is 13.4. The molecule has 0 radical (unpaired) electrons. The van der Waals surface area contributed by atoms with Crippen LogP contribution in [0.2, 0.25) is 0 Å². The fourth-order valence-corrected chi connectivity index (χ4v) is 3.27. The summed E-state index contributed by atoms with van der Waals surface area (Å²) in [5.41, 5.74) is 5.75. The zero-order valence-electron chi connectivity index (χ0n) is 17.9. The van der Waals surface area contributed by atoms with Gasteiger partial charge in [0.05, 0.1) is 19.3 Å². The molecule has 0 aliphatic heterocycles. The highest BCUT2D eigenvalue weighted by atomic mass is 32.2. The zero-order valence-corrected chi connectivity index (χ0v) is 19.6. The van der Waals surface area contributed by atoms with E-state index in [1.165, 1.54) is 0 Å². The largest absolute Gasteiger partial charge is 0.501 e. The Morgan fingerprint density at radius 1 is 0.879 bits per heavy atom. The van der Waals surface area contributed by atoms with Crippen LogP contribution in [0.15, 0.2) is 22.3 Å². The number of aliphatic hydroxyl groups excluding tert-OH is 2. The van der Waals surface area contributed by atoms with Crippen LogP contribution in [0.4, 0.5) is 0 Å². The summed E-state index contributed by atoms with van der Waals surface area (Å²) in [6.45, 7) is 2.53. The third-order valence-electron chi connectivity index (χ3n) is 3.28. The van der Waals surface area contributed by atoms with E-state index in [0.717, 1.165) is 34.3 Å². The fourth-order valence-electron chi connectivity index (χ4n) is 1.78. The van der Waals surface area contributed by atoms with E-state index in [1.807, 2.05) is 0 Å². The monoisotopic (exact) mass is 509 g/mol. The van der Waals surface area contributed by atoms with Crippen LogP contribution in [0.25, 0.3) is 0 Å². The molecule has 0 aromatic heterocycles. The number of nitrogens with two attached hydrogens (primary N) is 1. The van der Waals surface area contributed by atoms with Crippen LogP contribution in [0, 0.1) is 0 Å². The first-order valence-electron chi connectivity index (χ1n) is 9.44. The van der Waals surface area contributed by atoms with E-state index in [0.29, 0.717) is 0 Å². The molecule has 0 rings (SSSR count). The van der Waals surface area contributed by atoms with Crippen molar-refractivity contribution in [1.82, 2.24) is 10.6 Å². The topological polar surface area (TPSA) is 215 Å². The summed E-state index contributed by atoms with van der Waals surface area (Å²) in [5.74, 6) is -6.44. The van der Waals surface area contributed by atoms with Crippen molar-refractivity contribution in [2.75, 3.05) is 31.3 Å². The Kier molecular flexibility index (Phi) is 15.2. The average Bonchev–Trinajstić information content (AvgIpc) is 2.76. The van der Waals surface area contributed by atoms with Gasteiger partial charge in [-0.1, -0.05) is 0 Å². The molecule has 15 heteroatoms. The van der Waals surface area contributed by atoms with Gasteiger partial charge in [0, 0.05) is 22.3 Å². The summed E-state index contributed by atoms with van der Waals surface area (Å²) in [6, 6.07) is -2.42. The van der Waals surface area contributed by atoms with Crippen LogP contribution in [0.1, 0.15) is 13.8 Å². The summed E-state index contributed by atoms with van der Waals surface area (Å²) >= 11 is 1.65. The van der Waals surface area contributed by atoms with E-state index < -0.39 is 59.9 Å². The summed E-state index contributed by atoms with van der Waals surface area (Å²) in [5, 5.41) is 34.3. The Bertz CT molecular complexity index is 773. The molecule has 0 bridgehead atoms. The van der Waals surface area contributed by atoms with Crippen LogP contribution in [0.5, 0.6) is 0 Å². The minimum atomic E-state index is -1.30. The standard InChI is InChI=1S/C18H27N3O10S2/c1-3-30-17(28)12(22)8-32-6-10(19)15(26)21-11(16(27)20-5-14(24)25)7-33-9-13(23)18(29)31-4-2/h8-11,22-23H,3-7,19H2,1-2H3,(H,20,27)(H,21,26)(H,24,25)/b12-8-,13-9-. The lowest BCUT2D eigenvalue weighted by atomic mass is 10.2. The highest BCUT2D eigenvalue weighted by Gasteiger charge is 2.24. The highest BCUT2D eigenvalue weighted by Crippen LogP contribution is 2.11. The predicted octanol–water partition coefficient (Wildman–Crippen LogP) is -0.609. The number of nitrogens with one attached hydrogen (secondary N) is 2. The number of rotatable bonds is 15. The summed E-state index contributed by atoms with van der Waals surface area (Å²) in [4.78, 5) is 57.9. The van der Waals surface area contributed by atoms with Gasteiger partial charge >= 0.3 is 17.9 Å². The van der Waals surface area contributed by atoms with Crippen molar-refractivity contribution in [2.24, 2.45) is 5.73 Å². The number of amides is 2. The van der Waals surface area contributed by atoms with Crippen LogP contribution in [0.3, 0.4) is 0 Å². The molecule has 0 aliphatic carbocycles. The second-order valence-electron chi connectivity index (χ2n) is 5.89. The molecule has 2 amide bonds. The van der Waals surface area contributed by atoms with Gasteiger partial charge in [0.1, 0.15) is 12.6 Å². The summed E-state index contributed by atoms with van der Waals surface area (Å²) in [7, 11) is 0. The number of carboxylic acids is 1. The molecule has 33 heavy (non-hydrogen) atoms. The van der Waals surface area contributed by atoms with Crippen molar-refractivity contribution >= 4 is 53.2 Å². The maximum atomic E-state index is 12.3. The van der Waals surface area contributed by atoms with Crippen LogP contribution >= 0.6 is 23.5 Å². The number of thioether (sulfide) groups is 2. The van der Waals surface area contributed by atoms with Crippen molar-refractivity contribution < 1.29 is 48.8 Å². The van der Waals surface area contributed by atoms with Gasteiger partial charge in [-0.05, 0) is 13.8 Å². The minimum absolute atomic E-state index is 0.0420. The second kappa shape index (κ2) is 16.7. The lowest BCUT2D eigenvalue weighted by Crippen LogP contribution is -2.53. The number of carboxylic acid groups (broad SMARTS) is 1. The molecule has 0 aliphatic rings. The number of hydrogen-bond donors (Lipinski definition) is 6. The number of aliphatic carboxylic acids is 1. The van der Waals surface area contributed by atoms with Crippen molar-refractivity contribution in [3.63, 3.8) is 0 Å². The summed E-state index contributed by atoms with van der Waals surface area (Å²) < 4.78 is 9.19. The molecule has 0 aromatic rings. The van der Waals surface area contributed by atoms with Gasteiger partial charge in [0.15, 0.2) is 0 Å². The molecule has 0 saturated carbocycles. The van der Waals surface area contributed by atoms with E-state index in [1.54, 1.807) is 13.8 Å². The van der Waals surface area contributed by atoms with Crippen LogP contribution in [-0.2, 0) is 33.4 Å². The molecule has 7 N–H and O–H groups in total. The first-order chi connectivity index (χ1) is 15.5. The second-order valence-corrected chi connectivity index (χ2v) is 7.70. The molecule has 2 atom stereocenters. The third kappa shape index (κ3) is 13.3. The molecular weight excluding hydrogens is 482 g/mol. The van der Waals surface area contributed by atoms with E-state index in [2.05, 4.69) is 20.1 Å². The van der Waals surface area contributed by atoms with Crippen molar-refractivity contribution in [3.8, 4) is 0 Å². The van der Waals surface area contributed by atoms with Gasteiger partial charge in [-0.2, -0.15) is 0 Å². The van der Waals surface area contributed by atoms with E-state index in [9.17, 15) is 34.2 Å². The maximum absolute atomic E-state index is 12.3. The van der Waals surface area contributed by atoms with Crippen LogP contribution in [-0.4, -0.2) is 88.4 Å². The highest BCUT2D eigenvalue weighted by molar-refractivity contribution is 8.02. The molecular formula is C18H27N3O10S2. The molecule has 0 fully saturated rings. The number of aliphatic hydroxyl groups is 2. The molecule has 0 aromatic carbocycles. The zero-order chi connectivity index (χ0) is 25.4. The van der Waals surface area contributed by atoms with Crippen molar-refractivity contribution in [1.29, 1.82) is 0 Å². The average molecular weight is 510 g/mol. The molecule has 186 valence electrons. The molecule has 13 nitrogen and oxygen atoms in total. The Morgan fingerprint density at radius 2 is 1.36 bits per heavy atom. The Labute approximate surface area is 198 Å². The fraction of sp³-hybridized carbons (Fsp3) is 0.500. The van der Waals surface area contributed by atoms with Gasteiger partial charge in [-0.3, -0.25) is 14.4 Å². The number of carbonyl (C=O) groups is 5. The van der Waals surface area contributed by atoms with Crippen molar-refractivity contribution in [2.45, 2.75) is 25.9 Å². The third-order valence-corrected chi connectivity index (χ3v) is 5.14. The van der Waals surface area contributed by atoms with Crippen LogP contribution < -0.4 is 16.4 Å². The molecule has 0 heterocycles. The lowest BCUT2D eigenvalue weighted by Gasteiger charge is -2.19. The number of esters is 2. The maximum Gasteiger partial charge on any atom is 0.373 e. The number of hydrogen-bond acceptors (Lipinski definition) is 12. The van der Waals surface area contributed by atoms with Gasteiger partial charge in [0.2, 0.25) is 23.3 Å². The lowest BCUT2D eigenvalue weighted by molar-refractivity contribution is -0.142. The Morgan fingerprint density at radius 3 is 1.82 bits per heavy atom. The van der Waals surface area contributed by atoms with E-state index >= 15 is 0 Å². The van der Waals surface area contributed by atoms with E-state index in [-0.39, 0.29) is 24.7 Å². The number of ether oxygens (including phenoxy) is 2. The van der Waals surface area contributed by atoms with Gasteiger partial charge in [-0.25, -0.2) is 9.59 Å². The van der Waals surface area contributed by atoms with Gasteiger partial charge in [-0.15, -0.1) is 23.5 Å². The smallest absolute Gasteiger partial charge is 0.373 e. The predicted molar refractivity (Wildman–Crippen MR) is 120 cm³/mol. The van der Waals surface area contributed by atoms with Crippen molar-refractivity contribution in [3.05, 3.63) is 22.3 Å². The molecule has 0 spiro atoms. The quantitative estimate of drug-likeness (QED) is 0.0924. The number of carbonyl (C=O) groups excluding carboxylic acids is 4. The SMILES string of the molecule is CCOC(=O)/C(O)=C/SCC(N)C(=O)NC(CS/C=C(\O)C(=O)OCC)C(=O)NCC(=O)O. The first kappa shape index (κ1) is 30.1. The molecule has 0 saturated heterocycles. The van der Waals surface area contributed by atoms with Gasteiger partial charge < -0.3 is 41.2 Å². The summed E-state index contributed by atoms with van der Waals surface area (Å²) in [6.07, 6.45) is 0. The Balaban J connectivity index is 5.01. The Hall–Kier alpha value is -2.91. The minimum Gasteiger partial charge on any atom is -0.501 e.